The maximum Gasteiger partial charge on any atom is 0.341 e. The number of carbonyl (C=O) groups excluding carboxylic acids is 2. The van der Waals surface area contributed by atoms with Crippen LogP contribution in [-0.2, 0) is 32.4 Å². The van der Waals surface area contributed by atoms with Gasteiger partial charge in [-0.25, -0.2) is 13.2 Å². The van der Waals surface area contributed by atoms with Gasteiger partial charge in [-0.1, -0.05) is 6.92 Å². The van der Waals surface area contributed by atoms with Gasteiger partial charge in [-0.3, -0.25) is 4.79 Å². The summed E-state index contributed by atoms with van der Waals surface area (Å²) in [5.41, 5.74) is 1.51. The van der Waals surface area contributed by atoms with Crippen molar-refractivity contribution >= 4 is 44.1 Å². The average Bonchev–Trinajstić information content (AvgIpc) is 3.03. The van der Waals surface area contributed by atoms with Crippen LogP contribution < -0.4 is 5.32 Å². The summed E-state index contributed by atoms with van der Waals surface area (Å²) in [6.45, 7) is 5.97. The normalized spacial score (nSPS) is 21.7. The maximum atomic E-state index is 13.1. The number of nitrogens with zero attached hydrogens (tertiary/aromatic N) is 2. The number of amidine groups is 1. The van der Waals surface area contributed by atoms with E-state index in [1.807, 2.05) is 0 Å². The molecule has 4 rings (SSSR count). The van der Waals surface area contributed by atoms with Gasteiger partial charge in [0.2, 0.25) is 0 Å². The molecule has 1 unspecified atom stereocenters. The van der Waals surface area contributed by atoms with Gasteiger partial charge < -0.3 is 15.0 Å². The van der Waals surface area contributed by atoms with E-state index in [4.69, 9.17) is 4.74 Å². The molecule has 8 nitrogen and oxygen atoms in total. The van der Waals surface area contributed by atoms with Gasteiger partial charge in [0, 0.05) is 17.6 Å². The second kappa shape index (κ2) is 8.23. The molecule has 0 fully saturated rings. The summed E-state index contributed by atoms with van der Waals surface area (Å²) < 4.78 is 33.2. The van der Waals surface area contributed by atoms with Crippen molar-refractivity contribution in [3.8, 4) is 0 Å². The molecule has 0 saturated carbocycles. The van der Waals surface area contributed by atoms with Crippen LogP contribution in [0.25, 0.3) is 0 Å². The standard InChI is InChI=1S/C21H25N3O5S2/c1-12(2)29-21(26)17-14-7-6-13(3)11-16(14)30-20(17)22-19(25)15-5-4-8-24-9-10-31(27,28)23-18(15)24/h4-5,8,12-13H,6-7,9-11H2,1-3H3,(H,22,25). The van der Waals surface area contributed by atoms with Gasteiger partial charge in [0.25, 0.3) is 15.9 Å². The molecule has 31 heavy (non-hydrogen) atoms. The number of nitrogens with one attached hydrogen (secondary N) is 1. The Morgan fingerprint density at radius 3 is 2.87 bits per heavy atom. The van der Waals surface area contributed by atoms with Crippen molar-refractivity contribution in [3.63, 3.8) is 0 Å². The highest BCUT2D eigenvalue weighted by atomic mass is 32.2. The molecule has 1 N–H and O–H groups in total. The molecule has 10 heteroatoms. The molecular weight excluding hydrogens is 438 g/mol. The maximum absolute atomic E-state index is 13.1. The third-order valence-corrected chi connectivity index (χ3v) is 7.71. The summed E-state index contributed by atoms with van der Waals surface area (Å²) in [6, 6.07) is 0. The summed E-state index contributed by atoms with van der Waals surface area (Å²) in [7, 11) is -3.62. The number of esters is 1. The number of allylic oxidation sites excluding steroid dienone is 2. The largest absolute Gasteiger partial charge is 0.459 e. The third kappa shape index (κ3) is 4.45. The predicted molar refractivity (Wildman–Crippen MR) is 120 cm³/mol. The highest BCUT2D eigenvalue weighted by Gasteiger charge is 2.33. The van der Waals surface area contributed by atoms with Crippen molar-refractivity contribution in [2.24, 2.45) is 10.3 Å². The van der Waals surface area contributed by atoms with Crippen molar-refractivity contribution < 1.29 is 22.7 Å². The molecule has 2 aliphatic heterocycles. The van der Waals surface area contributed by atoms with E-state index in [2.05, 4.69) is 16.6 Å². The highest BCUT2D eigenvalue weighted by molar-refractivity contribution is 7.90. The van der Waals surface area contributed by atoms with Crippen LogP contribution in [0.15, 0.2) is 28.3 Å². The lowest BCUT2D eigenvalue weighted by Gasteiger charge is -2.28. The van der Waals surface area contributed by atoms with E-state index >= 15 is 0 Å². The fraction of sp³-hybridized carbons (Fsp3) is 0.476. The molecule has 3 heterocycles. The molecule has 1 aliphatic carbocycles. The SMILES string of the molecule is CC1CCc2c(sc(NC(=O)C3=CC=CN4CCS(=O)(=O)N=C34)c2C(=O)OC(C)C)C1. The Balaban J connectivity index is 1.68. The number of amides is 1. The van der Waals surface area contributed by atoms with Gasteiger partial charge in [0.05, 0.1) is 23.0 Å². The number of hydrogen-bond donors (Lipinski definition) is 1. The van der Waals surface area contributed by atoms with Crippen LogP contribution in [-0.4, -0.2) is 49.4 Å². The molecule has 0 radical (unpaired) electrons. The van der Waals surface area contributed by atoms with E-state index in [1.165, 1.54) is 17.4 Å². The van der Waals surface area contributed by atoms with E-state index in [-0.39, 0.29) is 29.8 Å². The van der Waals surface area contributed by atoms with E-state index in [9.17, 15) is 18.0 Å². The Labute approximate surface area is 185 Å². The number of rotatable bonds is 4. The van der Waals surface area contributed by atoms with Crippen LogP contribution >= 0.6 is 11.3 Å². The molecule has 0 bridgehead atoms. The van der Waals surface area contributed by atoms with Crippen molar-refractivity contribution in [2.45, 2.75) is 46.1 Å². The molecule has 3 aliphatic rings. The van der Waals surface area contributed by atoms with E-state index in [1.54, 1.807) is 31.0 Å². The van der Waals surface area contributed by atoms with Gasteiger partial charge in [-0.05, 0) is 56.7 Å². The van der Waals surface area contributed by atoms with E-state index in [0.29, 0.717) is 16.5 Å². The molecule has 0 aromatic carbocycles. The minimum absolute atomic E-state index is 0.100. The van der Waals surface area contributed by atoms with Crippen LogP contribution in [0.2, 0.25) is 0 Å². The minimum Gasteiger partial charge on any atom is -0.459 e. The molecule has 166 valence electrons. The molecule has 1 amide bonds. The highest BCUT2D eigenvalue weighted by Crippen LogP contribution is 2.40. The van der Waals surface area contributed by atoms with Crippen molar-refractivity contribution in [1.82, 2.24) is 4.90 Å². The van der Waals surface area contributed by atoms with Crippen LogP contribution in [0.4, 0.5) is 5.00 Å². The first-order valence-corrected chi connectivity index (χ1v) is 12.7. The second-order valence-electron chi connectivity index (χ2n) is 8.28. The molecule has 1 aromatic heterocycles. The quantitative estimate of drug-likeness (QED) is 0.689. The number of thiophene rings is 1. The van der Waals surface area contributed by atoms with Crippen molar-refractivity contribution in [3.05, 3.63) is 39.9 Å². The molecule has 0 spiro atoms. The summed E-state index contributed by atoms with van der Waals surface area (Å²) in [5.74, 6) is -0.446. The Bertz CT molecular complexity index is 1130. The number of ether oxygens (including phenoxy) is 1. The molecule has 1 aromatic rings. The van der Waals surface area contributed by atoms with Gasteiger partial charge >= 0.3 is 5.97 Å². The number of sulfonamides is 1. The number of hydrogen-bond acceptors (Lipinski definition) is 7. The fourth-order valence-corrected chi connectivity index (χ4v) is 6.27. The van der Waals surface area contributed by atoms with Crippen LogP contribution in [0.3, 0.4) is 0 Å². The second-order valence-corrected chi connectivity index (χ2v) is 11.1. The van der Waals surface area contributed by atoms with Gasteiger partial charge in [0.15, 0.2) is 5.84 Å². The molecule has 0 saturated heterocycles. The molecule has 1 atom stereocenters. The number of carbonyl (C=O) groups is 2. The van der Waals surface area contributed by atoms with Gasteiger partial charge in [0.1, 0.15) is 5.00 Å². The summed E-state index contributed by atoms with van der Waals surface area (Å²) in [5, 5.41) is 3.28. The Morgan fingerprint density at radius 1 is 1.35 bits per heavy atom. The first kappa shape index (κ1) is 21.8. The lowest BCUT2D eigenvalue weighted by atomic mass is 9.88. The summed E-state index contributed by atoms with van der Waals surface area (Å²) >= 11 is 1.39. The van der Waals surface area contributed by atoms with Crippen molar-refractivity contribution in [1.29, 1.82) is 0 Å². The Kier molecular flexibility index (Phi) is 5.78. The van der Waals surface area contributed by atoms with E-state index < -0.39 is 21.9 Å². The van der Waals surface area contributed by atoms with E-state index in [0.717, 1.165) is 29.7 Å². The third-order valence-electron chi connectivity index (χ3n) is 5.39. The summed E-state index contributed by atoms with van der Waals surface area (Å²) in [4.78, 5) is 28.7. The monoisotopic (exact) mass is 463 g/mol. The molecular formula is C21H25N3O5S2. The lowest BCUT2D eigenvalue weighted by Crippen LogP contribution is -2.40. The van der Waals surface area contributed by atoms with Gasteiger partial charge in [-0.15, -0.1) is 15.7 Å². The predicted octanol–water partition coefficient (Wildman–Crippen LogP) is 2.87. The van der Waals surface area contributed by atoms with Crippen molar-refractivity contribution in [2.75, 3.05) is 17.6 Å². The van der Waals surface area contributed by atoms with Gasteiger partial charge in [-0.2, -0.15) is 0 Å². The van der Waals surface area contributed by atoms with Crippen LogP contribution in [0, 0.1) is 5.92 Å². The first-order chi connectivity index (χ1) is 14.6. The zero-order chi connectivity index (χ0) is 22.3. The zero-order valence-electron chi connectivity index (χ0n) is 17.7. The number of anilines is 1. The Hall–Kier alpha value is -2.46. The van der Waals surface area contributed by atoms with Crippen LogP contribution in [0.1, 0.15) is 48.0 Å². The zero-order valence-corrected chi connectivity index (χ0v) is 19.3. The number of fused-ring (bicyclic) bond motifs is 2. The average molecular weight is 464 g/mol. The first-order valence-electron chi connectivity index (χ1n) is 10.3. The summed E-state index contributed by atoms with van der Waals surface area (Å²) in [6.07, 6.45) is 7.21. The Morgan fingerprint density at radius 2 is 2.13 bits per heavy atom. The minimum atomic E-state index is -3.62. The van der Waals surface area contributed by atoms with Crippen LogP contribution in [0.5, 0.6) is 0 Å². The topological polar surface area (TPSA) is 105 Å². The lowest BCUT2D eigenvalue weighted by molar-refractivity contribution is -0.112. The fourth-order valence-electron chi connectivity index (χ4n) is 3.89. The smallest absolute Gasteiger partial charge is 0.341 e.